The van der Waals surface area contributed by atoms with Gasteiger partial charge in [0.15, 0.2) is 6.04 Å². The molecule has 4 rings (SSSR count). The maximum absolute atomic E-state index is 13.5. The van der Waals surface area contributed by atoms with Gasteiger partial charge in [0, 0.05) is 17.1 Å². The van der Waals surface area contributed by atoms with Crippen LogP contribution in [0.4, 0.5) is 0 Å². The lowest BCUT2D eigenvalue weighted by molar-refractivity contribution is -0.142. The van der Waals surface area contributed by atoms with Crippen LogP contribution in [0.15, 0.2) is 65.6 Å². The zero-order chi connectivity index (χ0) is 23.0. The molecule has 3 aromatic rings. The molecular formula is C24H22ClNO5S. The minimum Gasteiger partial charge on any atom is -0.496 e. The van der Waals surface area contributed by atoms with Gasteiger partial charge in [-0.1, -0.05) is 41.9 Å². The number of nitrogens with zero attached hydrogens (tertiary/aromatic N) is 1. The molecule has 0 bridgehead atoms. The van der Waals surface area contributed by atoms with Crippen LogP contribution in [0.25, 0.3) is 11.1 Å². The molecule has 166 valence electrons. The molecular weight excluding hydrogens is 450 g/mol. The van der Waals surface area contributed by atoms with Crippen LogP contribution in [0.3, 0.4) is 0 Å². The number of fused-ring (bicyclic) bond motifs is 1. The first-order valence-electron chi connectivity index (χ1n) is 10.0. The number of carbonyl (C=O) groups is 1. The molecule has 6 nitrogen and oxygen atoms in total. The number of carboxylic acids is 1. The number of hydrogen-bond acceptors (Lipinski definition) is 4. The van der Waals surface area contributed by atoms with Crippen molar-refractivity contribution in [2.75, 3.05) is 13.7 Å². The van der Waals surface area contributed by atoms with Gasteiger partial charge >= 0.3 is 5.97 Å². The van der Waals surface area contributed by atoms with Crippen LogP contribution < -0.4 is 4.74 Å². The van der Waals surface area contributed by atoms with Gasteiger partial charge in [-0.15, -0.1) is 0 Å². The number of sulfonamides is 1. The third kappa shape index (κ3) is 3.88. The zero-order valence-electron chi connectivity index (χ0n) is 17.6. The van der Waals surface area contributed by atoms with E-state index in [0.717, 1.165) is 26.6 Å². The second kappa shape index (κ2) is 8.58. The highest BCUT2D eigenvalue weighted by molar-refractivity contribution is 7.89. The summed E-state index contributed by atoms with van der Waals surface area (Å²) in [5, 5.41) is 10.6. The average molecular weight is 472 g/mol. The van der Waals surface area contributed by atoms with Gasteiger partial charge in [-0.05, 0) is 65.9 Å². The van der Waals surface area contributed by atoms with Gasteiger partial charge in [0.05, 0.1) is 12.0 Å². The van der Waals surface area contributed by atoms with E-state index in [4.69, 9.17) is 16.3 Å². The number of methoxy groups -OCH3 is 1. The maximum Gasteiger partial charge on any atom is 0.326 e. The second-order valence-corrected chi connectivity index (χ2v) is 9.94. The van der Waals surface area contributed by atoms with Crippen LogP contribution in [0.2, 0.25) is 5.02 Å². The Morgan fingerprint density at radius 2 is 1.62 bits per heavy atom. The van der Waals surface area contributed by atoms with Crippen molar-refractivity contribution in [1.29, 1.82) is 0 Å². The quantitative estimate of drug-likeness (QED) is 0.583. The highest BCUT2D eigenvalue weighted by atomic mass is 35.5. The van der Waals surface area contributed by atoms with Gasteiger partial charge in [0.2, 0.25) is 10.0 Å². The highest BCUT2D eigenvalue weighted by Gasteiger charge is 2.42. The largest absolute Gasteiger partial charge is 0.496 e. The minimum atomic E-state index is -4.07. The van der Waals surface area contributed by atoms with E-state index in [-0.39, 0.29) is 11.4 Å². The first-order valence-corrected chi connectivity index (χ1v) is 11.8. The number of rotatable bonds is 5. The predicted molar refractivity (Wildman–Crippen MR) is 123 cm³/mol. The fraction of sp³-hybridized carbons (Fsp3) is 0.208. The Morgan fingerprint density at radius 3 is 2.19 bits per heavy atom. The van der Waals surface area contributed by atoms with Gasteiger partial charge in [-0.2, -0.15) is 4.31 Å². The molecule has 1 unspecified atom stereocenters. The molecule has 1 atom stereocenters. The number of halogens is 1. The van der Waals surface area contributed by atoms with E-state index in [1.165, 1.54) is 19.2 Å². The summed E-state index contributed by atoms with van der Waals surface area (Å²) < 4.78 is 33.4. The molecule has 0 aliphatic carbocycles. The Balaban J connectivity index is 1.74. The molecule has 1 aliphatic heterocycles. The molecule has 0 amide bonds. The molecule has 1 aliphatic rings. The highest BCUT2D eigenvalue weighted by Crippen LogP contribution is 2.41. The van der Waals surface area contributed by atoms with Crippen molar-refractivity contribution in [3.05, 3.63) is 82.4 Å². The standard InChI is InChI=1S/C24H22ClNO5S/c1-15-3-12-21(31-2)22-20(15)13-14-26(23(22)24(27)28)32(29,30)19-10-6-17(7-11-19)16-4-8-18(25)9-5-16/h3-12,23H,13-14H2,1-2H3,(H,27,28). The van der Waals surface area contributed by atoms with Crippen LogP contribution in [0.5, 0.6) is 5.75 Å². The second-order valence-electron chi connectivity index (χ2n) is 7.61. The van der Waals surface area contributed by atoms with Gasteiger partial charge in [-0.25, -0.2) is 8.42 Å². The van der Waals surface area contributed by atoms with Gasteiger partial charge < -0.3 is 9.84 Å². The lowest BCUT2D eigenvalue weighted by Gasteiger charge is -2.35. The number of benzene rings is 3. The average Bonchev–Trinajstić information content (AvgIpc) is 2.79. The number of aryl methyl sites for hydroxylation is 1. The third-order valence-corrected chi connectivity index (χ3v) is 7.92. The van der Waals surface area contributed by atoms with E-state index in [1.54, 1.807) is 30.3 Å². The van der Waals surface area contributed by atoms with Crippen molar-refractivity contribution in [2.24, 2.45) is 0 Å². The smallest absolute Gasteiger partial charge is 0.326 e. The van der Waals surface area contributed by atoms with Crippen molar-refractivity contribution in [3.63, 3.8) is 0 Å². The molecule has 0 saturated carbocycles. The van der Waals surface area contributed by atoms with Crippen LogP contribution in [-0.2, 0) is 21.2 Å². The van der Waals surface area contributed by atoms with E-state index in [1.807, 2.05) is 25.1 Å². The minimum absolute atomic E-state index is 0.0385. The number of hydrogen-bond donors (Lipinski definition) is 1. The molecule has 0 saturated heterocycles. The first kappa shape index (κ1) is 22.3. The van der Waals surface area contributed by atoms with E-state index in [9.17, 15) is 18.3 Å². The van der Waals surface area contributed by atoms with Gasteiger partial charge in [0.1, 0.15) is 5.75 Å². The Labute approximate surface area is 192 Å². The molecule has 8 heteroatoms. The van der Waals surface area contributed by atoms with E-state index in [2.05, 4.69) is 0 Å². The summed E-state index contributed by atoms with van der Waals surface area (Å²) in [7, 11) is -2.62. The van der Waals surface area contributed by atoms with Crippen molar-refractivity contribution in [1.82, 2.24) is 4.31 Å². The lowest BCUT2D eigenvalue weighted by Crippen LogP contribution is -2.43. The summed E-state index contributed by atoms with van der Waals surface area (Å²) in [6.07, 6.45) is 0.407. The van der Waals surface area contributed by atoms with Crippen molar-refractivity contribution >= 4 is 27.6 Å². The normalized spacial score (nSPS) is 16.4. The SMILES string of the molecule is COc1ccc(C)c2c1C(C(=O)O)N(S(=O)(=O)c1ccc(-c3ccc(Cl)cc3)cc1)CC2. The summed E-state index contributed by atoms with van der Waals surface area (Å²) in [6.45, 7) is 1.95. The van der Waals surface area contributed by atoms with Crippen molar-refractivity contribution < 1.29 is 23.1 Å². The number of carboxylic acid groups (broad SMARTS) is 1. The predicted octanol–water partition coefficient (Wildman–Crippen LogP) is 4.70. The fourth-order valence-electron chi connectivity index (χ4n) is 4.16. The summed E-state index contributed by atoms with van der Waals surface area (Å²) in [5.41, 5.74) is 3.86. The summed E-state index contributed by atoms with van der Waals surface area (Å²) in [4.78, 5) is 12.3. The van der Waals surface area contributed by atoms with E-state index in [0.29, 0.717) is 22.8 Å². The van der Waals surface area contributed by atoms with Crippen LogP contribution >= 0.6 is 11.6 Å². The fourth-order valence-corrected chi connectivity index (χ4v) is 5.84. The molecule has 1 heterocycles. The van der Waals surface area contributed by atoms with Crippen LogP contribution in [-0.4, -0.2) is 37.5 Å². The van der Waals surface area contributed by atoms with Crippen LogP contribution in [0, 0.1) is 6.92 Å². The Morgan fingerprint density at radius 1 is 1.03 bits per heavy atom. The maximum atomic E-state index is 13.5. The number of ether oxygens (including phenoxy) is 1. The lowest BCUT2D eigenvalue weighted by atomic mass is 9.90. The first-order chi connectivity index (χ1) is 15.2. The van der Waals surface area contributed by atoms with E-state index < -0.39 is 22.0 Å². The molecule has 0 aromatic heterocycles. The Kier molecular flexibility index (Phi) is 5.99. The molecule has 3 aromatic carbocycles. The molecule has 1 N–H and O–H groups in total. The van der Waals surface area contributed by atoms with Crippen molar-refractivity contribution in [2.45, 2.75) is 24.3 Å². The Hall–Kier alpha value is -2.87. The molecule has 0 radical (unpaired) electrons. The van der Waals surface area contributed by atoms with Crippen molar-refractivity contribution in [3.8, 4) is 16.9 Å². The van der Waals surface area contributed by atoms with Gasteiger partial charge in [-0.3, -0.25) is 4.79 Å². The summed E-state index contributed by atoms with van der Waals surface area (Å²) >= 11 is 5.93. The molecule has 0 fully saturated rings. The summed E-state index contributed by atoms with van der Waals surface area (Å²) in [5.74, 6) is -0.868. The summed E-state index contributed by atoms with van der Waals surface area (Å²) in [6, 6.07) is 15.8. The third-order valence-electron chi connectivity index (χ3n) is 5.79. The van der Waals surface area contributed by atoms with E-state index >= 15 is 0 Å². The molecule has 32 heavy (non-hydrogen) atoms. The van der Waals surface area contributed by atoms with Crippen LogP contribution in [0.1, 0.15) is 22.7 Å². The number of aliphatic carboxylic acids is 1. The molecule has 0 spiro atoms. The van der Waals surface area contributed by atoms with Gasteiger partial charge in [0.25, 0.3) is 0 Å². The monoisotopic (exact) mass is 471 g/mol. The topological polar surface area (TPSA) is 83.9 Å². The Bertz CT molecular complexity index is 1270. The zero-order valence-corrected chi connectivity index (χ0v) is 19.2.